The van der Waals surface area contributed by atoms with Gasteiger partial charge in [0, 0.05) is 34.6 Å². The number of carbonyl (C=O) groups is 1. The summed E-state index contributed by atoms with van der Waals surface area (Å²) in [5, 5.41) is 1.97. The van der Waals surface area contributed by atoms with E-state index in [9.17, 15) is 4.79 Å². The molecular formula is C16H18ClNO2S. The molecule has 1 aromatic heterocycles. The van der Waals surface area contributed by atoms with Crippen molar-refractivity contribution in [1.29, 1.82) is 0 Å². The molecule has 1 aliphatic rings. The minimum absolute atomic E-state index is 0.0249. The maximum atomic E-state index is 11.8. The number of likely N-dealkylation sites (tertiary alicyclic amines) is 1. The molecule has 1 saturated heterocycles. The molecule has 2 heterocycles. The summed E-state index contributed by atoms with van der Waals surface area (Å²) in [7, 11) is 1.46. The Morgan fingerprint density at radius 2 is 2.19 bits per heavy atom. The van der Waals surface area contributed by atoms with Crippen molar-refractivity contribution in [2.24, 2.45) is 11.8 Å². The molecule has 112 valence electrons. The molecule has 1 aliphatic heterocycles. The Hall–Kier alpha value is -1.10. The van der Waals surface area contributed by atoms with Crippen LogP contribution in [-0.2, 0) is 16.1 Å². The fourth-order valence-corrected chi connectivity index (χ4v) is 4.56. The average Bonchev–Trinajstić information content (AvgIpc) is 3.00. The second kappa shape index (κ2) is 5.95. The average molecular weight is 324 g/mol. The summed E-state index contributed by atoms with van der Waals surface area (Å²) in [6.07, 6.45) is 0. The van der Waals surface area contributed by atoms with Crippen molar-refractivity contribution in [3.05, 3.63) is 34.2 Å². The molecule has 0 amide bonds. The molecule has 2 atom stereocenters. The third kappa shape index (κ3) is 2.80. The molecule has 0 bridgehead atoms. The van der Waals surface area contributed by atoms with E-state index in [2.05, 4.69) is 24.0 Å². The highest BCUT2D eigenvalue weighted by Gasteiger charge is 2.35. The van der Waals surface area contributed by atoms with E-state index in [0.29, 0.717) is 5.92 Å². The topological polar surface area (TPSA) is 29.5 Å². The van der Waals surface area contributed by atoms with Gasteiger partial charge in [-0.15, -0.1) is 11.3 Å². The Labute approximate surface area is 133 Å². The van der Waals surface area contributed by atoms with Gasteiger partial charge in [0.25, 0.3) is 0 Å². The zero-order chi connectivity index (χ0) is 15.0. The highest BCUT2D eigenvalue weighted by atomic mass is 35.5. The molecule has 21 heavy (non-hydrogen) atoms. The summed E-state index contributed by atoms with van der Waals surface area (Å²) in [6, 6.07) is 8.20. The van der Waals surface area contributed by atoms with E-state index in [-0.39, 0.29) is 11.9 Å². The third-order valence-corrected chi connectivity index (χ3v) is 5.86. The zero-order valence-electron chi connectivity index (χ0n) is 12.1. The molecule has 3 nitrogen and oxygen atoms in total. The first kappa shape index (κ1) is 14.8. The molecule has 1 fully saturated rings. The molecule has 0 spiro atoms. The van der Waals surface area contributed by atoms with Crippen molar-refractivity contribution in [3.8, 4) is 0 Å². The molecule has 0 saturated carbocycles. The van der Waals surface area contributed by atoms with Crippen molar-refractivity contribution in [2.75, 3.05) is 20.2 Å². The number of halogens is 1. The highest BCUT2D eigenvalue weighted by molar-refractivity contribution is 7.19. The lowest BCUT2D eigenvalue weighted by Gasteiger charge is -2.14. The van der Waals surface area contributed by atoms with Crippen molar-refractivity contribution in [2.45, 2.75) is 13.5 Å². The van der Waals surface area contributed by atoms with Crippen molar-refractivity contribution < 1.29 is 9.53 Å². The first-order valence-electron chi connectivity index (χ1n) is 7.06. The van der Waals surface area contributed by atoms with Crippen LogP contribution in [0.2, 0.25) is 5.02 Å². The van der Waals surface area contributed by atoms with Crippen LogP contribution < -0.4 is 0 Å². The molecular weight excluding hydrogens is 306 g/mol. The van der Waals surface area contributed by atoms with E-state index in [0.717, 1.165) is 30.0 Å². The summed E-state index contributed by atoms with van der Waals surface area (Å²) >= 11 is 8.23. The lowest BCUT2D eigenvalue weighted by molar-refractivity contribution is -0.146. The minimum Gasteiger partial charge on any atom is -0.469 e. The second-order valence-corrected chi connectivity index (χ2v) is 7.15. The van der Waals surface area contributed by atoms with Gasteiger partial charge in [0.15, 0.2) is 0 Å². The van der Waals surface area contributed by atoms with Crippen LogP contribution in [0.5, 0.6) is 0 Å². The van der Waals surface area contributed by atoms with Gasteiger partial charge in [0.2, 0.25) is 0 Å². The number of ether oxygens (including phenoxy) is 1. The van der Waals surface area contributed by atoms with E-state index in [1.54, 1.807) is 11.3 Å². The summed E-state index contributed by atoms with van der Waals surface area (Å²) < 4.78 is 6.10. The fourth-order valence-electron chi connectivity index (χ4n) is 3.02. The van der Waals surface area contributed by atoms with E-state index < -0.39 is 0 Å². The Morgan fingerprint density at radius 3 is 2.90 bits per heavy atom. The largest absolute Gasteiger partial charge is 0.469 e. The second-order valence-electron chi connectivity index (χ2n) is 5.64. The molecule has 3 rings (SSSR count). The van der Waals surface area contributed by atoms with E-state index in [4.69, 9.17) is 16.3 Å². The van der Waals surface area contributed by atoms with Gasteiger partial charge in [-0.3, -0.25) is 9.69 Å². The Bertz CT molecular complexity index is 669. The fraction of sp³-hybridized carbons (Fsp3) is 0.438. The Morgan fingerprint density at radius 1 is 1.43 bits per heavy atom. The molecule has 2 aromatic rings. The van der Waals surface area contributed by atoms with Crippen LogP contribution in [0.3, 0.4) is 0 Å². The van der Waals surface area contributed by atoms with Gasteiger partial charge >= 0.3 is 5.97 Å². The number of hydrogen-bond donors (Lipinski definition) is 0. The summed E-state index contributed by atoms with van der Waals surface area (Å²) in [4.78, 5) is 15.2. The van der Waals surface area contributed by atoms with Gasteiger partial charge in [-0.1, -0.05) is 36.7 Å². The predicted molar refractivity (Wildman–Crippen MR) is 86.8 cm³/mol. The number of carbonyl (C=O) groups excluding carboxylic acids is 1. The third-order valence-electron chi connectivity index (χ3n) is 4.16. The summed E-state index contributed by atoms with van der Waals surface area (Å²) in [5.41, 5.74) is 0. The Kier molecular flexibility index (Phi) is 4.20. The molecule has 1 aromatic carbocycles. The van der Waals surface area contributed by atoms with E-state index in [1.807, 2.05) is 12.1 Å². The monoisotopic (exact) mass is 323 g/mol. The van der Waals surface area contributed by atoms with Crippen LogP contribution in [0.1, 0.15) is 11.8 Å². The van der Waals surface area contributed by atoms with Gasteiger partial charge in [0.1, 0.15) is 0 Å². The SMILES string of the molecule is COC(=O)C1CN(Cc2sc3ccccc3c2Cl)CC1C. The number of methoxy groups -OCH3 is 1. The molecule has 5 heteroatoms. The lowest BCUT2D eigenvalue weighted by atomic mass is 9.99. The molecule has 0 N–H and O–H groups in total. The standard InChI is InChI=1S/C16H18ClNO2S/c1-10-7-18(8-12(10)16(19)20-2)9-14-15(17)11-5-3-4-6-13(11)21-14/h3-6,10,12H,7-9H2,1-2H3. The van der Waals surface area contributed by atoms with Gasteiger partial charge < -0.3 is 4.74 Å². The number of thiophene rings is 1. The number of hydrogen-bond acceptors (Lipinski definition) is 4. The normalized spacial score (nSPS) is 22.8. The maximum absolute atomic E-state index is 11.8. The molecule has 0 radical (unpaired) electrons. The van der Waals surface area contributed by atoms with Crippen LogP contribution >= 0.6 is 22.9 Å². The Balaban J connectivity index is 1.77. The van der Waals surface area contributed by atoms with E-state index >= 15 is 0 Å². The van der Waals surface area contributed by atoms with Gasteiger partial charge in [0.05, 0.1) is 18.1 Å². The van der Waals surface area contributed by atoms with Crippen LogP contribution in [0, 0.1) is 11.8 Å². The summed E-state index contributed by atoms with van der Waals surface area (Å²) in [5.74, 6) is 0.196. The van der Waals surface area contributed by atoms with Crippen LogP contribution in [-0.4, -0.2) is 31.1 Å². The van der Waals surface area contributed by atoms with Gasteiger partial charge in [-0.05, 0) is 12.0 Å². The number of fused-ring (bicyclic) bond motifs is 1. The number of rotatable bonds is 3. The van der Waals surface area contributed by atoms with Crippen molar-refractivity contribution in [3.63, 3.8) is 0 Å². The smallest absolute Gasteiger partial charge is 0.310 e. The lowest BCUT2D eigenvalue weighted by Crippen LogP contribution is -2.24. The number of esters is 1. The molecule has 2 unspecified atom stereocenters. The van der Waals surface area contributed by atoms with Crippen molar-refractivity contribution >= 4 is 39.0 Å². The summed E-state index contributed by atoms with van der Waals surface area (Å²) in [6.45, 7) is 4.56. The van der Waals surface area contributed by atoms with Crippen LogP contribution in [0.15, 0.2) is 24.3 Å². The van der Waals surface area contributed by atoms with Gasteiger partial charge in [-0.2, -0.15) is 0 Å². The number of benzene rings is 1. The predicted octanol–water partition coefficient (Wildman–Crippen LogP) is 3.80. The van der Waals surface area contributed by atoms with Crippen LogP contribution in [0.25, 0.3) is 10.1 Å². The quantitative estimate of drug-likeness (QED) is 0.805. The maximum Gasteiger partial charge on any atom is 0.310 e. The number of nitrogens with zero attached hydrogens (tertiary/aromatic N) is 1. The van der Waals surface area contributed by atoms with E-state index in [1.165, 1.54) is 16.7 Å². The minimum atomic E-state index is -0.104. The zero-order valence-corrected chi connectivity index (χ0v) is 13.7. The van der Waals surface area contributed by atoms with Crippen molar-refractivity contribution in [1.82, 2.24) is 4.90 Å². The highest BCUT2D eigenvalue weighted by Crippen LogP contribution is 2.37. The first-order chi connectivity index (χ1) is 10.1. The van der Waals surface area contributed by atoms with Crippen LogP contribution in [0.4, 0.5) is 0 Å². The first-order valence-corrected chi connectivity index (χ1v) is 8.25. The molecule has 0 aliphatic carbocycles. The van der Waals surface area contributed by atoms with Gasteiger partial charge in [-0.25, -0.2) is 0 Å².